The minimum absolute atomic E-state index is 1.03. The van der Waals surface area contributed by atoms with E-state index in [1.54, 1.807) is 18.4 Å². The quantitative estimate of drug-likeness (QED) is 0.697. The van der Waals surface area contributed by atoms with Crippen LogP contribution in [0, 0.1) is 0 Å². The first-order chi connectivity index (χ1) is 6.40. The van der Waals surface area contributed by atoms with Gasteiger partial charge in [0.05, 0.1) is 12.9 Å². The minimum atomic E-state index is 1.03. The van der Waals surface area contributed by atoms with Gasteiger partial charge in [0.25, 0.3) is 0 Å². The zero-order valence-electron chi connectivity index (χ0n) is 7.62. The third-order valence-electron chi connectivity index (χ3n) is 2.14. The Morgan fingerprint density at radius 3 is 3.08 bits per heavy atom. The highest BCUT2D eigenvalue weighted by molar-refractivity contribution is 7.11. The molecule has 2 rings (SSSR count). The summed E-state index contributed by atoms with van der Waals surface area (Å²) in [5, 5.41) is 2.10. The number of thiophene rings is 1. The van der Waals surface area contributed by atoms with Crippen LogP contribution in [0.25, 0.3) is 5.57 Å². The molecule has 0 bridgehead atoms. The number of hydrogen-bond acceptors (Lipinski definition) is 2. The van der Waals surface area contributed by atoms with Crippen molar-refractivity contribution in [3.8, 4) is 0 Å². The number of rotatable bonds is 2. The van der Waals surface area contributed by atoms with Crippen molar-refractivity contribution in [2.24, 2.45) is 0 Å². The number of methoxy groups -OCH3 is 1. The first-order valence-corrected chi connectivity index (χ1v) is 5.27. The lowest BCUT2D eigenvalue weighted by Crippen LogP contribution is -1.92. The summed E-state index contributed by atoms with van der Waals surface area (Å²) < 4.78 is 5.24. The Bertz CT molecular complexity index is 333. The Balaban J connectivity index is 2.26. The van der Waals surface area contributed by atoms with E-state index < -0.39 is 0 Å². The van der Waals surface area contributed by atoms with Crippen molar-refractivity contribution in [1.29, 1.82) is 0 Å². The van der Waals surface area contributed by atoms with Crippen LogP contribution in [0.15, 0.2) is 35.4 Å². The monoisotopic (exact) mass is 192 g/mol. The second-order valence-corrected chi connectivity index (χ2v) is 3.94. The molecular weight excluding hydrogens is 180 g/mol. The highest BCUT2D eigenvalue weighted by Crippen LogP contribution is 2.28. The summed E-state index contributed by atoms with van der Waals surface area (Å²) in [6.45, 7) is 0. The maximum atomic E-state index is 5.24. The molecule has 2 heteroatoms. The second-order valence-electron chi connectivity index (χ2n) is 2.99. The molecule has 13 heavy (non-hydrogen) atoms. The second kappa shape index (κ2) is 3.79. The molecule has 0 unspecified atom stereocenters. The molecule has 1 aliphatic rings. The lowest BCUT2D eigenvalue weighted by Gasteiger charge is -2.11. The fourth-order valence-corrected chi connectivity index (χ4v) is 2.19. The van der Waals surface area contributed by atoms with Crippen LogP contribution in [0.5, 0.6) is 0 Å². The van der Waals surface area contributed by atoms with Crippen molar-refractivity contribution < 1.29 is 4.74 Å². The van der Waals surface area contributed by atoms with Gasteiger partial charge in [0.1, 0.15) is 0 Å². The fourth-order valence-electron chi connectivity index (χ4n) is 1.45. The first-order valence-electron chi connectivity index (χ1n) is 4.39. The van der Waals surface area contributed by atoms with E-state index in [1.807, 2.05) is 0 Å². The summed E-state index contributed by atoms with van der Waals surface area (Å²) in [7, 11) is 1.74. The molecule has 0 aromatic carbocycles. The van der Waals surface area contributed by atoms with E-state index in [0.29, 0.717) is 0 Å². The number of hydrogen-bond donors (Lipinski definition) is 0. The largest absolute Gasteiger partial charge is 0.501 e. The van der Waals surface area contributed by atoms with Gasteiger partial charge in [0.2, 0.25) is 0 Å². The highest BCUT2D eigenvalue weighted by Gasteiger charge is 2.07. The van der Waals surface area contributed by atoms with Crippen molar-refractivity contribution >= 4 is 16.9 Å². The van der Waals surface area contributed by atoms with E-state index in [4.69, 9.17) is 4.74 Å². The van der Waals surface area contributed by atoms with E-state index in [1.165, 1.54) is 10.5 Å². The molecular formula is C11H12OS. The van der Waals surface area contributed by atoms with Crippen molar-refractivity contribution in [3.63, 3.8) is 0 Å². The lowest BCUT2D eigenvalue weighted by atomic mass is 10.0. The van der Waals surface area contributed by atoms with Gasteiger partial charge in [-0.25, -0.2) is 0 Å². The van der Waals surface area contributed by atoms with Crippen LogP contribution in [0.1, 0.15) is 17.7 Å². The first kappa shape index (κ1) is 8.57. The third-order valence-corrected chi connectivity index (χ3v) is 3.06. The maximum Gasteiger partial charge on any atom is 0.0964 e. The highest BCUT2D eigenvalue weighted by atomic mass is 32.1. The van der Waals surface area contributed by atoms with Crippen molar-refractivity contribution in [2.75, 3.05) is 7.11 Å². The molecule has 68 valence electrons. The predicted octanol–water partition coefficient (Wildman–Crippen LogP) is 3.46. The Labute approximate surface area is 82.4 Å². The van der Waals surface area contributed by atoms with Gasteiger partial charge < -0.3 is 4.74 Å². The summed E-state index contributed by atoms with van der Waals surface area (Å²) in [6.07, 6.45) is 6.53. The number of ether oxygens (including phenoxy) is 1. The van der Waals surface area contributed by atoms with E-state index in [-0.39, 0.29) is 0 Å². The maximum absolute atomic E-state index is 5.24. The molecule has 0 saturated heterocycles. The van der Waals surface area contributed by atoms with Gasteiger partial charge >= 0.3 is 0 Å². The SMILES string of the molecule is COC1=CC(c2cccs2)=CCC1. The average molecular weight is 192 g/mol. The van der Waals surface area contributed by atoms with Crippen LogP contribution in [0.3, 0.4) is 0 Å². The Hall–Kier alpha value is -1.02. The molecule has 1 heterocycles. The van der Waals surface area contributed by atoms with Crippen LogP contribution in [-0.2, 0) is 4.74 Å². The van der Waals surface area contributed by atoms with Crippen LogP contribution >= 0.6 is 11.3 Å². The van der Waals surface area contributed by atoms with E-state index in [9.17, 15) is 0 Å². The minimum Gasteiger partial charge on any atom is -0.501 e. The Morgan fingerprint density at radius 1 is 1.46 bits per heavy atom. The molecule has 1 aliphatic carbocycles. The molecule has 0 amide bonds. The van der Waals surface area contributed by atoms with E-state index in [2.05, 4.69) is 29.7 Å². The topological polar surface area (TPSA) is 9.23 Å². The summed E-state index contributed by atoms with van der Waals surface area (Å²) in [4.78, 5) is 1.33. The molecule has 0 spiro atoms. The van der Waals surface area contributed by atoms with Gasteiger partial charge in [0, 0.05) is 11.3 Å². The third kappa shape index (κ3) is 1.83. The van der Waals surface area contributed by atoms with Gasteiger partial charge in [0.15, 0.2) is 0 Å². The molecule has 0 N–H and O–H groups in total. The van der Waals surface area contributed by atoms with Gasteiger partial charge in [-0.05, 0) is 29.5 Å². The van der Waals surface area contributed by atoms with Gasteiger partial charge in [-0.15, -0.1) is 11.3 Å². The summed E-state index contributed by atoms with van der Waals surface area (Å²) in [6, 6.07) is 4.22. The molecule has 0 radical (unpaired) electrons. The zero-order valence-corrected chi connectivity index (χ0v) is 8.43. The Kier molecular flexibility index (Phi) is 2.50. The zero-order chi connectivity index (χ0) is 9.10. The van der Waals surface area contributed by atoms with Crippen LogP contribution < -0.4 is 0 Å². The summed E-state index contributed by atoms with van der Waals surface area (Å²) in [5.74, 6) is 1.09. The molecule has 0 aliphatic heterocycles. The summed E-state index contributed by atoms with van der Waals surface area (Å²) >= 11 is 1.77. The normalized spacial score (nSPS) is 16.4. The van der Waals surface area contributed by atoms with Crippen molar-refractivity contribution in [3.05, 3.63) is 40.3 Å². The van der Waals surface area contributed by atoms with Gasteiger partial charge in [-0.3, -0.25) is 0 Å². The van der Waals surface area contributed by atoms with Crippen LogP contribution in [0.4, 0.5) is 0 Å². The molecule has 1 nitrogen and oxygen atoms in total. The molecule has 0 fully saturated rings. The number of allylic oxidation sites excluding steroid dienone is 4. The van der Waals surface area contributed by atoms with E-state index >= 15 is 0 Å². The van der Waals surface area contributed by atoms with Gasteiger partial charge in [-0.2, -0.15) is 0 Å². The predicted molar refractivity (Wildman–Crippen MR) is 56.6 cm³/mol. The van der Waals surface area contributed by atoms with Gasteiger partial charge in [-0.1, -0.05) is 12.1 Å². The van der Waals surface area contributed by atoms with E-state index in [0.717, 1.165) is 18.6 Å². The fraction of sp³-hybridized carbons (Fsp3) is 0.273. The van der Waals surface area contributed by atoms with Crippen LogP contribution in [-0.4, -0.2) is 7.11 Å². The van der Waals surface area contributed by atoms with Crippen LogP contribution in [0.2, 0.25) is 0 Å². The summed E-state index contributed by atoms with van der Waals surface area (Å²) in [5.41, 5.74) is 1.30. The lowest BCUT2D eigenvalue weighted by molar-refractivity contribution is 0.277. The smallest absolute Gasteiger partial charge is 0.0964 e. The molecule has 1 aromatic rings. The molecule has 0 atom stereocenters. The van der Waals surface area contributed by atoms with Crippen molar-refractivity contribution in [2.45, 2.75) is 12.8 Å². The Morgan fingerprint density at radius 2 is 2.38 bits per heavy atom. The van der Waals surface area contributed by atoms with Crippen molar-refractivity contribution in [1.82, 2.24) is 0 Å². The molecule has 1 aromatic heterocycles. The standard InChI is InChI=1S/C11H12OS/c1-12-10-5-2-4-9(8-10)11-6-3-7-13-11/h3-4,6-8H,2,5H2,1H3. The average Bonchev–Trinajstić information content (AvgIpc) is 2.71. The molecule has 0 saturated carbocycles.